The summed E-state index contributed by atoms with van der Waals surface area (Å²) in [6, 6.07) is 9.57. The summed E-state index contributed by atoms with van der Waals surface area (Å²) in [6.45, 7) is 4.57. The lowest BCUT2D eigenvalue weighted by Crippen LogP contribution is -2.26. The van der Waals surface area contributed by atoms with E-state index in [1.807, 2.05) is 25.8 Å². The van der Waals surface area contributed by atoms with Gasteiger partial charge in [0.25, 0.3) is 0 Å². The van der Waals surface area contributed by atoms with Gasteiger partial charge in [-0.1, -0.05) is 23.7 Å². The summed E-state index contributed by atoms with van der Waals surface area (Å²) in [5.41, 5.74) is 1.58. The maximum Gasteiger partial charge on any atom is 0.165 e. The number of para-hydroxylation sites is 1. The summed E-state index contributed by atoms with van der Waals surface area (Å²) in [5, 5.41) is 8.51. The number of amidine groups is 1. The molecule has 0 saturated heterocycles. The first-order valence-electron chi connectivity index (χ1n) is 6.96. The molecule has 0 spiro atoms. The predicted molar refractivity (Wildman–Crippen MR) is 87.8 cm³/mol. The van der Waals surface area contributed by atoms with Crippen molar-refractivity contribution in [3.8, 4) is 11.5 Å². The average Bonchev–Trinajstić information content (AvgIpc) is 2.51. The second kappa shape index (κ2) is 6.79. The van der Waals surface area contributed by atoms with Crippen LogP contribution in [0, 0.1) is 18.2 Å². The van der Waals surface area contributed by atoms with Crippen LogP contribution in [-0.4, -0.2) is 24.3 Å². The van der Waals surface area contributed by atoms with Crippen LogP contribution in [0.3, 0.4) is 0 Å². The van der Waals surface area contributed by atoms with Crippen molar-refractivity contribution in [2.45, 2.75) is 13.8 Å². The molecule has 0 saturated carbocycles. The van der Waals surface area contributed by atoms with Crippen LogP contribution in [0.5, 0.6) is 11.5 Å². The summed E-state index contributed by atoms with van der Waals surface area (Å²) in [7, 11) is 1.85. The Bertz CT molecular complexity index is 703. The largest absolute Gasteiger partial charge is 0.453 e. The molecule has 3 nitrogen and oxygen atoms in total. The van der Waals surface area contributed by atoms with Crippen LogP contribution < -0.4 is 4.74 Å². The molecule has 2 aromatic carbocycles. The lowest BCUT2D eigenvalue weighted by molar-refractivity contribution is 0.442. The van der Waals surface area contributed by atoms with Crippen molar-refractivity contribution < 1.29 is 9.13 Å². The zero-order valence-electron chi connectivity index (χ0n) is 12.8. The molecule has 0 unspecified atom stereocenters. The van der Waals surface area contributed by atoms with Crippen molar-refractivity contribution in [3.05, 3.63) is 58.4 Å². The molecule has 0 aromatic heterocycles. The zero-order chi connectivity index (χ0) is 16.3. The highest BCUT2D eigenvalue weighted by Crippen LogP contribution is 2.33. The Balaban J connectivity index is 2.35. The summed E-state index contributed by atoms with van der Waals surface area (Å²) in [4.78, 5) is 1.82. The standard InChI is InChI=1S/C17H18ClFN2O/c1-4-21(3)17(20)12-10-13(18)16(9-11(12)2)22-15-8-6-5-7-14(15)19/h5-10,20H,4H2,1-3H3. The van der Waals surface area contributed by atoms with Crippen molar-refractivity contribution in [1.29, 1.82) is 5.41 Å². The van der Waals surface area contributed by atoms with Crippen molar-refractivity contribution >= 4 is 17.4 Å². The lowest BCUT2D eigenvalue weighted by Gasteiger charge is -2.20. The molecule has 5 heteroatoms. The SMILES string of the molecule is CCN(C)C(=N)c1cc(Cl)c(Oc2ccccc2F)cc1C. The molecule has 0 fully saturated rings. The zero-order valence-corrected chi connectivity index (χ0v) is 13.5. The predicted octanol–water partition coefficient (Wildman–Crippen LogP) is 4.86. The van der Waals surface area contributed by atoms with Gasteiger partial charge in [-0.25, -0.2) is 4.39 Å². The van der Waals surface area contributed by atoms with E-state index in [1.165, 1.54) is 6.07 Å². The molecule has 0 aliphatic carbocycles. The number of ether oxygens (including phenoxy) is 1. The van der Waals surface area contributed by atoms with Crippen LogP contribution >= 0.6 is 11.6 Å². The summed E-state index contributed by atoms with van der Waals surface area (Å²) < 4.78 is 19.2. The third kappa shape index (κ3) is 3.39. The molecule has 0 bridgehead atoms. The van der Waals surface area contributed by atoms with Gasteiger partial charge in [-0.3, -0.25) is 5.41 Å². The molecule has 22 heavy (non-hydrogen) atoms. The van der Waals surface area contributed by atoms with E-state index in [1.54, 1.807) is 30.3 Å². The van der Waals surface area contributed by atoms with E-state index in [9.17, 15) is 4.39 Å². The molecule has 0 amide bonds. The Morgan fingerprint density at radius 1 is 1.27 bits per heavy atom. The van der Waals surface area contributed by atoms with Gasteiger partial charge in [-0.05, 0) is 43.7 Å². The second-order valence-electron chi connectivity index (χ2n) is 4.99. The highest BCUT2D eigenvalue weighted by Gasteiger charge is 2.14. The number of hydrogen-bond acceptors (Lipinski definition) is 2. The molecule has 0 atom stereocenters. The molecule has 0 heterocycles. The number of aryl methyl sites for hydroxylation is 1. The first-order chi connectivity index (χ1) is 10.4. The van der Waals surface area contributed by atoms with Gasteiger partial charge in [0.1, 0.15) is 11.6 Å². The number of rotatable bonds is 4. The number of nitrogens with zero attached hydrogens (tertiary/aromatic N) is 1. The summed E-state index contributed by atoms with van der Waals surface area (Å²) in [6.07, 6.45) is 0. The van der Waals surface area contributed by atoms with E-state index >= 15 is 0 Å². The average molecular weight is 321 g/mol. The summed E-state index contributed by atoms with van der Waals surface area (Å²) >= 11 is 6.23. The number of nitrogens with one attached hydrogen (secondary N) is 1. The van der Waals surface area contributed by atoms with E-state index in [4.69, 9.17) is 21.7 Å². The first kappa shape index (κ1) is 16.3. The van der Waals surface area contributed by atoms with Gasteiger partial charge in [-0.2, -0.15) is 0 Å². The minimum absolute atomic E-state index is 0.123. The minimum atomic E-state index is -0.446. The van der Waals surface area contributed by atoms with Crippen molar-refractivity contribution in [1.82, 2.24) is 4.90 Å². The van der Waals surface area contributed by atoms with Crippen LogP contribution in [0.4, 0.5) is 4.39 Å². The maximum absolute atomic E-state index is 13.7. The van der Waals surface area contributed by atoms with Crippen molar-refractivity contribution in [2.75, 3.05) is 13.6 Å². The van der Waals surface area contributed by atoms with Gasteiger partial charge in [0, 0.05) is 19.2 Å². The fourth-order valence-corrected chi connectivity index (χ4v) is 2.20. The fourth-order valence-electron chi connectivity index (χ4n) is 2.00. The normalized spacial score (nSPS) is 10.4. The monoisotopic (exact) mass is 320 g/mol. The highest BCUT2D eigenvalue weighted by molar-refractivity contribution is 6.32. The fraction of sp³-hybridized carbons (Fsp3) is 0.235. The molecule has 2 aromatic rings. The van der Waals surface area contributed by atoms with E-state index in [-0.39, 0.29) is 5.75 Å². The van der Waals surface area contributed by atoms with Gasteiger partial charge >= 0.3 is 0 Å². The van der Waals surface area contributed by atoms with Gasteiger partial charge < -0.3 is 9.64 Å². The first-order valence-corrected chi connectivity index (χ1v) is 7.34. The van der Waals surface area contributed by atoms with Crippen LogP contribution in [-0.2, 0) is 0 Å². The van der Waals surface area contributed by atoms with Gasteiger partial charge in [-0.15, -0.1) is 0 Å². The van der Waals surface area contributed by atoms with E-state index in [0.717, 1.165) is 17.7 Å². The number of hydrogen-bond donors (Lipinski definition) is 1. The van der Waals surface area contributed by atoms with Gasteiger partial charge in [0.05, 0.1) is 5.02 Å². The van der Waals surface area contributed by atoms with Crippen molar-refractivity contribution in [3.63, 3.8) is 0 Å². The van der Waals surface area contributed by atoms with Crippen LogP contribution in [0.25, 0.3) is 0 Å². The number of benzene rings is 2. The van der Waals surface area contributed by atoms with Crippen molar-refractivity contribution in [2.24, 2.45) is 0 Å². The number of halogens is 2. The molecule has 116 valence electrons. The van der Waals surface area contributed by atoms with E-state index < -0.39 is 5.82 Å². The van der Waals surface area contributed by atoms with Crippen LogP contribution in [0.1, 0.15) is 18.1 Å². The quantitative estimate of drug-likeness (QED) is 0.645. The molecule has 0 aliphatic rings. The smallest absolute Gasteiger partial charge is 0.165 e. The molecular formula is C17H18ClFN2O. The Labute approximate surface area is 134 Å². The highest BCUT2D eigenvalue weighted by atomic mass is 35.5. The molecule has 1 N–H and O–H groups in total. The Morgan fingerprint density at radius 2 is 1.95 bits per heavy atom. The second-order valence-corrected chi connectivity index (χ2v) is 5.40. The van der Waals surface area contributed by atoms with Crippen LogP contribution in [0.2, 0.25) is 5.02 Å². The Hall–Kier alpha value is -2.07. The molecule has 2 rings (SSSR count). The van der Waals surface area contributed by atoms with E-state index in [2.05, 4.69) is 0 Å². The van der Waals surface area contributed by atoms with Gasteiger partial charge in [0.15, 0.2) is 11.6 Å². The lowest BCUT2D eigenvalue weighted by atomic mass is 10.1. The van der Waals surface area contributed by atoms with Crippen LogP contribution in [0.15, 0.2) is 36.4 Å². The molecule has 0 aliphatic heterocycles. The van der Waals surface area contributed by atoms with Gasteiger partial charge in [0.2, 0.25) is 0 Å². The Morgan fingerprint density at radius 3 is 2.59 bits per heavy atom. The summed E-state index contributed by atoms with van der Waals surface area (Å²) in [5.74, 6) is 0.440. The van der Waals surface area contributed by atoms with E-state index in [0.29, 0.717) is 16.6 Å². The molecule has 0 radical (unpaired) electrons. The minimum Gasteiger partial charge on any atom is -0.453 e. The third-order valence-corrected chi connectivity index (χ3v) is 3.74. The third-order valence-electron chi connectivity index (χ3n) is 3.45. The maximum atomic E-state index is 13.7. The molecular weight excluding hydrogens is 303 g/mol. The Kier molecular flexibility index (Phi) is 5.03. The topological polar surface area (TPSA) is 36.3 Å².